The topological polar surface area (TPSA) is 90.7 Å². The molecule has 1 aromatic carbocycles. The first-order valence-electron chi connectivity index (χ1n) is 7.78. The fourth-order valence-corrected chi connectivity index (χ4v) is 3.69. The molecule has 10 heteroatoms. The third-order valence-corrected chi connectivity index (χ3v) is 5.32. The lowest BCUT2D eigenvalue weighted by Gasteiger charge is -2.30. The van der Waals surface area contributed by atoms with Gasteiger partial charge in [-0.25, -0.2) is 4.98 Å². The highest BCUT2D eigenvalue weighted by Gasteiger charge is 2.59. The summed E-state index contributed by atoms with van der Waals surface area (Å²) in [7, 11) is 0. The summed E-state index contributed by atoms with van der Waals surface area (Å²) in [4.78, 5) is 28.0. The van der Waals surface area contributed by atoms with Gasteiger partial charge in [0.15, 0.2) is 0 Å². The van der Waals surface area contributed by atoms with Crippen LogP contribution >= 0.6 is 11.3 Å². The molecule has 1 saturated carbocycles. The molecule has 140 valence electrons. The number of halogens is 3. The molecule has 1 atom stereocenters. The number of rotatable bonds is 6. The Balaban J connectivity index is 1.94. The van der Waals surface area contributed by atoms with Crippen LogP contribution in [-0.2, 0) is 15.2 Å². The molecule has 0 bridgehead atoms. The van der Waals surface area contributed by atoms with Gasteiger partial charge >= 0.3 is 12.1 Å². The average molecular weight is 388 g/mol. The molecule has 26 heavy (non-hydrogen) atoms. The zero-order valence-electron chi connectivity index (χ0n) is 13.4. The van der Waals surface area contributed by atoms with Crippen molar-refractivity contribution in [3.8, 4) is 0 Å². The first-order chi connectivity index (χ1) is 12.1. The van der Waals surface area contributed by atoms with E-state index in [0.717, 1.165) is 4.90 Å². The van der Waals surface area contributed by atoms with E-state index in [0.29, 0.717) is 28.9 Å². The Hall–Kier alpha value is -2.20. The van der Waals surface area contributed by atoms with Crippen LogP contribution in [0.4, 0.5) is 13.2 Å². The summed E-state index contributed by atoms with van der Waals surface area (Å²) in [5, 5.41) is 18.7. The lowest BCUT2D eigenvalue weighted by atomic mass is 9.98. The van der Waals surface area contributed by atoms with Gasteiger partial charge in [-0.1, -0.05) is 12.1 Å². The smallest absolute Gasteiger partial charge is 0.424 e. The summed E-state index contributed by atoms with van der Waals surface area (Å²) in [5.74, 6) is -2.38. The van der Waals surface area contributed by atoms with E-state index in [4.69, 9.17) is 5.11 Å². The molecule has 1 heterocycles. The van der Waals surface area contributed by atoms with Gasteiger partial charge in [0.1, 0.15) is 11.6 Å². The number of aromatic nitrogens is 1. The number of aliphatic hydroxyl groups is 1. The first-order valence-corrected chi connectivity index (χ1v) is 8.60. The van der Waals surface area contributed by atoms with Crippen LogP contribution in [0.15, 0.2) is 24.3 Å². The monoisotopic (exact) mass is 388 g/mol. The van der Waals surface area contributed by atoms with Crippen LogP contribution in [0.3, 0.4) is 0 Å². The number of fused-ring (bicyclic) bond motifs is 1. The van der Waals surface area contributed by atoms with Gasteiger partial charge in [-0.3, -0.25) is 9.59 Å². The summed E-state index contributed by atoms with van der Waals surface area (Å²) < 4.78 is 41.4. The van der Waals surface area contributed by atoms with E-state index in [1.54, 1.807) is 18.2 Å². The molecule has 3 rings (SSSR count). The van der Waals surface area contributed by atoms with Crippen molar-refractivity contribution in [2.24, 2.45) is 0 Å². The number of nitrogens with zero attached hydrogens (tertiary/aromatic N) is 2. The minimum absolute atomic E-state index is 0.284. The number of alkyl halides is 3. The summed E-state index contributed by atoms with van der Waals surface area (Å²) in [6.45, 7) is -0.697. The molecule has 0 saturated heterocycles. The Labute approximate surface area is 149 Å². The maximum absolute atomic E-state index is 13.7. The van der Waals surface area contributed by atoms with E-state index in [1.165, 1.54) is 6.07 Å². The highest BCUT2D eigenvalue weighted by atomic mass is 32.1. The van der Waals surface area contributed by atoms with E-state index in [-0.39, 0.29) is 5.52 Å². The maximum atomic E-state index is 13.7. The number of aliphatic carboxylic acids is 1. The van der Waals surface area contributed by atoms with Gasteiger partial charge in [0, 0.05) is 6.04 Å². The van der Waals surface area contributed by atoms with E-state index in [2.05, 4.69) is 4.98 Å². The Morgan fingerprint density at radius 3 is 2.46 bits per heavy atom. The van der Waals surface area contributed by atoms with E-state index in [9.17, 15) is 27.9 Å². The Morgan fingerprint density at radius 2 is 1.92 bits per heavy atom. The lowest BCUT2D eigenvalue weighted by Crippen LogP contribution is -2.48. The maximum Gasteiger partial charge on any atom is 0.424 e. The van der Waals surface area contributed by atoms with Crippen LogP contribution < -0.4 is 0 Å². The Bertz CT molecular complexity index is 816. The summed E-state index contributed by atoms with van der Waals surface area (Å²) in [6, 6.07) is 5.91. The number of hydrogen-bond acceptors (Lipinski definition) is 5. The van der Waals surface area contributed by atoms with Crippen LogP contribution in [0.2, 0.25) is 0 Å². The number of amides is 1. The second kappa shape index (κ2) is 6.51. The van der Waals surface area contributed by atoms with Crippen molar-refractivity contribution < 1.29 is 33.0 Å². The van der Waals surface area contributed by atoms with Gasteiger partial charge in [-0.05, 0) is 25.0 Å². The second-order valence-electron chi connectivity index (χ2n) is 6.17. The normalized spacial score (nSPS) is 17.1. The zero-order valence-corrected chi connectivity index (χ0v) is 14.2. The Kier molecular flexibility index (Phi) is 4.65. The summed E-state index contributed by atoms with van der Waals surface area (Å²) in [6.07, 6.45) is -5.38. The summed E-state index contributed by atoms with van der Waals surface area (Å²) >= 11 is 0.655. The van der Waals surface area contributed by atoms with Crippen LogP contribution in [0.1, 0.15) is 24.3 Å². The Morgan fingerprint density at radius 1 is 1.27 bits per heavy atom. The predicted molar refractivity (Wildman–Crippen MR) is 86.6 cm³/mol. The average Bonchev–Trinajstić information content (AvgIpc) is 3.28. The van der Waals surface area contributed by atoms with Crippen molar-refractivity contribution in [3.05, 3.63) is 29.3 Å². The van der Waals surface area contributed by atoms with Gasteiger partial charge in [0.05, 0.1) is 16.6 Å². The minimum Gasteiger partial charge on any atom is -0.480 e. The number of para-hydroxylation sites is 1. The molecule has 1 unspecified atom stereocenters. The van der Waals surface area contributed by atoms with Crippen molar-refractivity contribution in [1.29, 1.82) is 0 Å². The second-order valence-corrected chi connectivity index (χ2v) is 7.20. The molecular weight excluding hydrogens is 373 g/mol. The van der Waals surface area contributed by atoms with Crippen molar-refractivity contribution in [1.82, 2.24) is 9.88 Å². The molecule has 2 N–H and O–H groups in total. The predicted octanol–water partition coefficient (Wildman–Crippen LogP) is 2.51. The molecule has 1 aliphatic carbocycles. The number of carboxylic acid groups (broad SMARTS) is 1. The molecule has 0 spiro atoms. The fourth-order valence-electron chi connectivity index (χ4n) is 2.62. The largest absolute Gasteiger partial charge is 0.480 e. The van der Waals surface area contributed by atoms with Crippen molar-refractivity contribution in [3.63, 3.8) is 0 Å². The van der Waals surface area contributed by atoms with Crippen molar-refractivity contribution in [2.75, 3.05) is 6.54 Å². The van der Waals surface area contributed by atoms with Gasteiger partial charge in [-0.15, -0.1) is 11.3 Å². The third kappa shape index (κ3) is 3.51. The molecule has 0 radical (unpaired) electrons. The van der Waals surface area contributed by atoms with E-state index in [1.807, 2.05) is 0 Å². The molecule has 2 aromatic rings. The minimum atomic E-state index is -5.14. The van der Waals surface area contributed by atoms with Gasteiger partial charge < -0.3 is 15.1 Å². The van der Waals surface area contributed by atoms with Crippen molar-refractivity contribution in [2.45, 2.75) is 37.1 Å². The molecule has 0 aliphatic heterocycles. The highest BCUT2D eigenvalue weighted by Crippen LogP contribution is 2.45. The molecule has 1 fully saturated rings. The van der Waals surface area contributed by atoms with E-state index < -0.39 is 47.7 Å². The molecule has 1 aliphatic rings. The molecule has 1 aromatic heterocycles. The highest BCUT2D eigenvalue weighted by molar-refractivity contribution is 7.18. The zero-order chi connectivity index (χ0) is 19.1. The number of thiazole rings is 1. The SMILES string of the molecule is O=C(O)CN(C(=O)CC(O)(c1nc2ccccc2s1)C(F)(F)F)C1CC1. The first kappa shape index (κ1) is 18.6. The van der Waals surface area contributed by atoms with E-state index >= 15 is 0 Å². The van der Waals surface area contributed by atoms with Gasteiger partial charge in [0.25, 0.3) is 0 Å². The van der Waals surface area contributed by atoms with Gasteiger partial charge in [-0.2, -0.15) is 13.2 Å². The standard InChI is InChI=1S/C16H15F3N2O4S/c17-16(18,19)15(25,14-20-10-3-1-2-4-11(10)26-14)7-12(22)21(8-13(23)24)9-5-6-9/h1-4,9,25H,5-8H2,(H,23,24). The van der Waals surface area contributed by atoms with Gasteiger partial charge in [0.2, 0.25) is 11.5 Å². The lowest BCUT2D eigenvalue weighted by molar-refractivity contribution is -0.268. The van der Waals surface area contributed by atoms with Crippen LogP contribution in [-0.4, -0.2) is 50.7 Å². The molecular formula is C16H15F3N2O4S. The van der Waals surface area contributed by atoms with Crippen LogP contribution in [0, 0.1) is 0 Å². The van der Waals surface area contributed by atoms with Crippen LogP contribution in [0.25, 0.3) is 10.2 Å². The number of carbonyl (C=O) groups excluding carboxylic acids is 1. The van der Waals surface area contributed by atoms with Crippen LogP contribution in [0.5, 0.6) is 0 Å². The quantitative estimate of drug-likeness (QED) is 0.794. The number of benzene rings is 1. The van der Waals surface area contributed by atoms with Crippen molar-refractivity contribution >= 4 is 33.4 Å². The fraction of sp³-hybridized carbons (Fsp3) is 0.438. The third-order valence-electron chi connectivity index (χ3n) is 4.14. The molecule has 1 amide bonds. The number of carbonyl (C=O) groups is 2. The summed E-state index contributed by atoms with van der Waals surface area (Å²) in [5.41, 5.74) is -3.19. The molecule has 6 nitrogen and oxygen atoms in total. The number of hydrogen-bond donors (Lipinski definition) is 2. The number of carboxylic acids is 1.